The normalized spacial score (nSPS) is 13.9. The van der Waals surface area contributed by atoms with E-state index in [0.29, 0.717) is 23.8 Å². The van der Waals surface area contributed by atoms with Crippen LogP contribution in [0.15, 0.2) is 21.7 Å². The largest absolute Gasteiger partial charge is 0.383 e. The molecule has 4 nitrogen and oxygen atoms in total. The van der Waals surface area contributed by atoms with E-state index in [0.717, 1.165) is 0 Å². The van der Waals surface area contributed by atoms with Crippen LogP contribution in [0, 0.1) is 0 Å². The molecule has 0 aromatic carbocycles. The van der Waals surface area contributed by atoms with Gasteiger partial charge in [-0.3, -0.25) is 0 Å². The van der Waals surface area contributed by atoms with Gasteiger partial charge >= 0.3 is 0 Å². The van der Waals surface area contributed by atoms with Crippen LogP contribution < -0.4 is 4.72 Å². The van der Waals surface area contributed by atoms with Gasteiger partial charge in [0, 0.05) is 13.7 Å². The second-order valence-corrected chi connectivity index (χ2v) is 6.73. The van der Waals surface area contributed by atoms with E-state index in [-0.39, 0.29) is 5.38 Å². The number of rotatable bonds is 7. The van der Waals surface area contributed by atoms with Crippen LogP contribution in [0.3, 0.4) is 0 Å². The molecule has 0 fully saturated rings. The molecule has 1 unspecified atom stereocenters. The molecule has 7 heteroatoms. The maximum atomic E-state index is 11.7. The lowest BCUT2D eigenvalue weighted by atomic mass is 10.3. The highest BCUT2D eigenvalue weighted by molar-refractivity contribution is 7.91. The van der Waals surface area contributed by atoms with E-state index >= 15 is 0 Å². The van der Waals surface area contributed by atoms with Crippen LogP contribution >= 0.6 is 22.9 Å². The van der Waals surface area contributed by atoms with Crippen molar-refractivity contribution in [2.24, 2.45) is 0 Å². The maximum absolute atomic E-state index is 11.7. The zero-order valence-electron chi connectivity index (χ0n) is 8.85. The third-order valence-corrected chi connectivity index (χ3v) is 5.06. The Kier molecular flexibility index (Phi) is 5.71. The summed E-state index contributed by atoms with van der Waals surface area (Å²) in [5.41, 5.74) is 0. The summed E-state index contributed by atoms with van der Waals surface area (Å²) in [6, 6.07) is 3.27. The number of halogens is 1. The van der Waals surface area contributed by atoms with Gasteiger partial charge in [-0.1, -0.05) is 6.07 Å². The summed E-state index contributed by atoms with van der Waals surface area (Å²) in [6.07, 6.45) is 0.542. The first-order valence-corrected chi connectivity index (χ1v) is 7.52. The highest BCUT2D eigenvalue weighted by atomic mass is 35.5. The minimum atomic E-state index is -3.36. The first-order valence-electron chi connectivity index (χ1n) is 4.72. The van der Waals surface area contributed by atoms with Crippen molar-refractivity contribution < 1.29 is 13.2 Å². The summed E-state index contributed by atoms with van der Waals surface area (Å²) < 4.78 is 31.0. The van der Waals surface area contributed by atoms with Gasteiger partial charge in [0.15, 0.2) is 0 Å². The van der Waals surface area contributed by atoms with Crippen molar-refractivity contribution in [2.75, 3.05) is 20.3 Å². The molecular formula is C9H14ClNO3S2. The Balaban J connectivity index is 2.38. The predicted octanol–water partition coefficient (Wildman–Crippen LogP) is 1.67. The van der Waals surface area contributed by atoms with Gasteiger partial charge in [0.05, 0.1) is 12.0 Å². The molecule has 0 spiro atoms. The fraction of sp³-hybridized carbons (Fsp3) is 0.556. The van der Waals surface area contributed by atoms with Gasteiger partial charge in [0.25, 0.3) is 0 Å². The molecule has 0 amide bonds. The third-order valence-electron chi connectivity index (χ3n) is 1.86. The molecule has 0 aliphatic carbocycles. The van der Waals surface area contributed by atoms with Crippen molar-refractivity contribution in [1.82, 2.24) is 4.72 Å². The molecule has 16 heavy (non-hydrogen) atoms. The lowest BCUT2D eigenvalue weighted by Gasteiger charge is -2.08. The molecule has 1 atom stereocenters. The standard InChI is InChI=1S/C9H14ClNO3S2/c1-14-7-8(10)4-5-11-16(12,13)9-3-2-6-15-9/h2-3,6,8,11H,4-5,7H2,1H3. The Bertz CT molecular complexity index is 391. The fourth-order valence-electron chi connectivity index (χ4n) is 1.10. The van der Waals surface area contributed by atoms with Crippen molar-refractivity contribution in [3.8, 4) is 0 Å². The fourth-order valence-corrected chi connectivity index (χ4v) is 3.42. The van der Waals surface area contributed by atoms with Crippen molar-refractivity contribution >= 4 is 33.0 Å². The van der Waals surface area contributed by atoms with Gasteiger partial charge in [0.1, 0.15) is 4.21 Å². The number of thiophene rings is 1. The minimum Gasteiger partial charge on any atom is -0.383 e. The van der Waals surface area contributed by atoms with Crippen LogP contribution in [0.1, 0.15) is 6.42 Å². The summed E-state index contributed by atoms with van der Waals surface area (Å²) in [4.78, 5) is 0. The van der Waals surface area contributed by atoms with Gasteiger partial charge in [-0.05, 0) is 17.9 Å². The number of hydrogen-bond acceptors (Lipinski definition) is 4. The maximum Gasteiger partial charge on any atom is 0.250 e. The van der Waals surface area contributed by atoms with E-state index < -0.39 is 10.0 Å². The third kappa shape index (κ3) is 4.39. The number of nitrogens with one attached hydrogen (secondary N) is 1. The topological polar surface area (TPSA) is 55.4 Å². The quantitative estimate of drug-likeness (QED) is 0.775. The lowest BCUT2D eigenvalue weighted by molar-refractivity contribution is 0.196. The molecule has 0 radical (unpaired) electrons. The Morgan fingerprint density at radius 2 is 2.38 bits per heavy atom. The molecule has 1 heterocycles. The summed E-state index contributed by atoms with van der Waals surface area (Å²) in [5, 5.41) is 1.56. The zero-order chi connectivity index (χ0) is 12.0. The molecule has 0 aliphatic rings. The smallest absolute Gasteiger partial charge is 0.250 e. The van der Waals surface area contributed by atoms with E-state index in [9.17, 15) is 8.42 Å². The van der Waals surface area contributed by atoms with Crippen LogP contribution in [0.4, 0.5) is 0 Å². The second-order valence-electron chi connectivity index (χ2n) is 3.17. The average molecular weight is 284 g/mol. The van der Waals surface area contributed by atoms with Crippen molar-refractivity contribution in [3.63, 3.8) is 0 Å². The average Bonchev–Trinajstić information content (AvgIpc) is 2.71. The Hall–Kier alpha value is -0.140. The van der Waals surface area contributed by atoms with Crippen molar-refractivity contribution in [3.05, 3.63) is 17.5 Å². The summed E-state index contributed by atoms with van der Waals surface area (Å²) in [5.74, 6) is 0. The Morgan fingerprint density at radius 1 is 1.62 bits per heavy atom. The molecule has 1 N–H and O–H groups in total. The Labute approximate surface area is 105 Å². The van der Waals surface area contributed by atoms with Gasteiger partial charge in [0.2, 0.25) is 10.0 Å². The molecule has 0 aliphatic heterocycles. The highest BCUT2D eigenvalue weighted by Gasteiger charge is 2.14. The van der Waals surface area contributed by atoms with Crippen LogP contribution in [-0.4, -0.2) is 34.1 Å². The van der Waals surface area contributed by atoms with Gasteiger partial charge in [-0.2, -0.15) is 0 Å². The number of alkyl halides is 1. The summed E-state index contributed by atoms with van der Waals surface area (Å²) >= 11 is 7.07. The Morgan fingerprint density at radius 3 is 2.94 bits per heavy atom. The van der Waals surface area contributed by atoms with Crippen molar-refractivity contribution in [2.45, 2.75) is 16.0 Å². The van der Waals surface area contributed by atoms with Crippen LogP contribution in [0.2, 0.25) is 0 Å². The molecule has 1 rings (SSSR count). The minimum absolute atomic E-state index is 0.170. The van der Waals surface area contributed by atoms with Gasteiger partial charge in [-0.15, -0.1) is 22.9 Å². The molecule has 92 valence electrons. The molecule has 0 bridgehead atoms. The van der Waals surface area contributed by atoms with E-state index in [1.165, 1.54) is 11.3 Å². The first kappa shape index (κ1) is 13.9. The molecular weight excluding hydrogens is 270 g/mol. The van der Waals surface area contributed by atoms with Crippen LogP contribution in [0.25, 0.3) is 0 Å². The number of sulfonamides is 1. The molecule has 0 saturated heterocycles. The molecule has 0 saturated carbocycles. The number of ether oxygens (including phenoxy) is 1. The van der Waals surface area contributed by atoms with Crippen molar-refractivity contribution in [1.29, 1.82) is 0 Å². The van der Waals surface area contributed by atoms with Gasteiger partial charge < -0.3 is 4.74 Å². The van der Waals surface area contributed by atoms with E-state index in [2.05, 4.69) is 4.72 Å². The first-order chi connectivity index (χ1) is 7.56. The predicted molar refractivity (Wildman–Crippen MR) is 65.6 cm³/mol. The molecule has 1 aromatic rings. The van der Waals surface area contributed by atoms with E-state index in [4.69, 9.17) is 16.3 Å². The SMILES string of the molecule is COCC(Cl)CCNS(=O)(=O)c1cccs1. The second kappa shape index (κ2) is 6.56. The molecule has 1 aromatic heterocycles. The monoisotopic (exact) mass is 283 g/mol. The number of hydrogen-bond donors (Lipinski definition) is 1. The summed E-state index contributed by atoms with van der Waals surface area (Å²) in [6.45, 7) is 0.736. The van der Waals surface area contributed by atoms with E-state index in [1.54, 1.807) is 24.6 Å². The zero-order valence-corrected chi connectivity index (χ0v) is 11.2. The summed E-state index contributed by atoms with van der Waals surface area (Å²) in [7, 11) is -1.80. The van der Waals surface area contributed by atoms with Gasteiger partial charge in [-0.25, -0.2) is 13.1 Å². The van der Waals surface area contributed by atoms with Crippen LogP contribution in [-0.2, 0) is 14.8 Å². The highest BCUT2D eigenvalue weighted by Crippen LogP contribution is 2.15. The van der Waals surface area contributed by atoms with E-state index in [1.807, 2.05) is 0 Å². The van der Waals surface area contributed by atoms with Crippen LogP contribution in [0.5, 0.6) is 0 Å². The lowest BCUT2D eigenvalue weighted by Crippen LogP contribution is -2.26. The number of methoxy groups -OCH3 is 1.